The zero-order chi connectivity index (χ0) is 9.56. The highest BCUT2D eigenvalue weighted by Gasteiger charge is 2.14. The number of hydrogen-bond donors (Lipinski definition) is 1. The van der Waals surface area contributed by atoms with Gasteiger partial charge in [0.25, 0.3) is 5.91 Å². The topological polar surface area (TPSA) is 47.6 Å². The van der Waals surface area contributed by atoms with Gasteiger partial charge in [0.2, 0.25) is 0 Å². The third-order valence-corrected chi connectivity index (χ3v) is 1.68. The minimum Gasteiger partial charge on any atom is -0.372 e. The zero-order valence-corrected chi connectivity index (χ0v) is 8.09. The SMILES string of the molecule is CCC(NC(=O)C(C)OC)OC. The van der Waals surface area contributed by atoms with Gasteiger partial charge in [-0.3, -0.25) is 4.79 Å². The lowest BCUT2D eigenvalue weighted by molar-refractivity contribution is -0.133. The summed E-state index contributed by atoms with van der Waals surface area (Å²) in [6.07, 6.45) is 0.114. The molecule has 0 saturated heterocycles. The van der Waals surface area contributed by atoms with E-state index in [-0.39, 0.29) is 12.1 Å². The Kier molecular flexibility index (Phi) is 5.66. The maximum atomic E-state index is 11.2. The number of hydrogen-bond acceptors (Lipinski definition) is 3. The molecular weight excluding hydrogens is 158 g/mol. The van der Waals surface area contributed by atoms with Crippen LogP contribution in [0.1, 0.15) is 20.3 Å². The van der Waals surface area contributed by atoms with Crippen molar-refractivity contribution in [1.29, 1.82) is 0 Å². The second kappa shape index (κ2) is 5.97. The lowest BCUT2D eigenvalue weighted by Gasteiger charge is -2.17. The van der Waals surface area contributed by atoms with Gasteiger partial charge in [-0.05, 0) is 13.3 Å². The number of nitrogens with one attached hydrogen (secondary N) is 1. The van der Waals surface area contributed by atoms with Crippen LogP contribution in [0.4, 0.5) is 0 Å². The van der Waals surface area contributed by atoms with Crippen molar-refractivity contribution in [3.63, 3.8) is 0 Å². The highest BCUT2D eigenvalue weighted by Crippen LogP contribution is 1.94. The van der Waals surface area contributed by atoms with E-state index in [1.165, 1.54) is 7.11 Å². The Morgan fingerprint density at radius 1 is 1.42 bits per heavy atom. The summed E-state index contributed by atoms with van der Waals surface area (Å²) >= 11 is 0. The molecule has 0 radical (unpaired) electrons. The first-order valence-corrected chi connectivity index (χ1v) is 4.01. The van der Waals surface area contributed by atoms with Gasteiger partial charge in [-0.1, -0.05) is 6.92 Å². The van der Waals surface area contributed by atoms with Crippen LogP contribution < -0.4 is 5.32 Å². The van der Waals surface area contributed by atoms with Crippen LogP contribution in [0.25, 0.3) is 0 Å². The lowest BCUT2D eigenvalue weighted by atomic mass is 10.3. The quantitative estimate of drug-likeness (QED) is 0.620. The van der Waals surface area contributed by atoms with Crippen molar-refractivity contribution >= 4 is 5.91 Å². The van der Waals surface area contributed by atoms with Gasteiger partial charge in [0, 0.05) is 14.2 Å². The van der Waals surface area contributed by atoms with E-state index >= 15 is 0 Å². The molecule has 0 saturated carbocycles. The minimum atomic E-state index is -0.422. The summed E-state index contributed by atoms with van der Waals surface area (Å²) in [7, 11) is 3.06. The molecule has 4 heteroatoms. The first-order chi connectivity index (χ1) is 5.65. The average Bonchev–Trinajstić information content (AvgIpc) is 2.12. The summed E-state index contributed by atoms with van der Waals surface area (Å²) in [5.41, 5.74) is 0. The first kappa shape index (κ1) is 11.4. The van der Waals surface area contributed by atoms with Crippen LogP contribution in [-0.2, 0) is 14.3 Å². The van der Waals surface area contributed by atoms with Gasteiger partial charge in [-0.2, -0.15) is 0 Å². The van der Waals surface area contributed by atoms with Crippen LogP contribution >= 0.6 is 0 Å². The van der Waals surface area contributed by atoms with Crippen molar-refractivity contribution in [3.05, 3.63) is 0 Å². The lowest BCUT2D eigenvalue weighted by Crippen LogP contribution is -2.41. The van der Waals surface area contributed by atoms with Gasteiger partial charge in [0.05, 0.1) is 0 Å². The molecule has 0 aromatic heterocycles. The Hall–Kier alpha value is -0.610. The molecule has 1 N–H and O–H groups in total. The molecular formula is C8H17NO3. The Morgan fingerprint density at radius 3 is 2.33 bits per heavy atom. The van der Waals surface area contributed by atoms with E-state index in [2.05, 4.69) is 5.32 Å². The second-order valence-electron chi connectivity index (χ2n) is 2.52. The Balaban J connectivity index is 3.81. The number of carbonyl (C=O) groups excluding carboxylic acids is 1. The van der Waals surface area contributed by atoms with Gasteiger partial charge in [-0.15, -0.1) is 0 Å². The van der Waals surface area contributed by atoms with E-state index in [1.807, 2.05) is 6.92 Å². The summed E-state index contributed by atoms with van der Waals surface area (Å²) in [6, 6.07) is 0. The fourth-order valence-corrected chi connectivity index (χ4v) is 0.711. The molecule has 2 atom stereocenters. The van der Waals surface area contributed by atoms with Gasteiger partial charge in [0.1, 0.15) is 12.3 Å². The van der Waals surface area contributed by atoms with Gasteiger partial charge < -0.3 is 14.8 Å². The predicted octanol–water partition coefficient (Wildman–Crippen LogP) is 0.520. The highest BCUT2D eigenvalue weighted by atomic mass is 16.5. The Morgan fingerprint density at radius 2 is 2.00 bits per heavy atom. The van der Waals surface area contributed by atoms with E-state index in [9.17, 15) is 4.79 Å². The maximum Gasteiger partial charge on any atom is 0.250 e. The monoisotopic (exact) mass is 175 g/mol. The summed E-state index contributed by atoms with van der Waals surface area (Å²) in [6.45, 7) is 3.63. The summed E-state index contributed by atoms with van der Waals surface area (Å²) < 4.78 is 9.81. The van der Waals surface area contributed by atoms with Crippen molar-refractivity contribution < 1.29 is 14.3 Å². The number of amides is 1. The predicted molar refractivity (Wildman–Crippen MR) is 45.7 cm³/mol. The zero-order valence-electron chi connectivity index (χ0n) is 8.09. The van der Waals surface area contributed by atoms with Crippen LogP contribution in [-0.4, -0.2) is 32.5 Å². The van der Waals surface area contributed by atoms with E-state index in [1.54, 1.807) is 14.0 Å². The Bertz CT molecular complexity index is 134. The van der Waals surface area contributed by atoms with Crippen molar-refractivity contribution in [3.8, 4) is 0 Å². The third-order valence-electron chi connectivity index (χ3n) is 1.68. The molecule has 0 heterocycles. The first-order valence-electron chi connectivity index (χ1n) is 4.01. The third kappa shape index (κ3) is 3.69. The van der Waals surface area contributed by atoms with Gasteiger partial charge in [-0.25, -0.2) is 0 Å². The fourth-order valence-electron chi connectivity index (χ4n) is 0.711. The molecule has 2 unspecified atom stereocenters. The smallest absolute Gasteiger partial charge is 0.250 e. The molecule has 0 aromatic rings. The van der Waals surface area contributed by atoms with Crippen molar-refractivity contribution in [2.24, 2.45) is 0 Å². The highest BCUT2D eigenvalue weighted by molar-refractivity contribution is 5.80. The van der Waals surface area contributed by atoms with E-state index in [4.69, 9.17) is 9.47 Å². The fraction of sp³-hybridized carbons (Fsp3) is 0.875. The van der Waals surface area contributed by atoms with Crippen LogP contribution in [0.2, 0.25) is 0 Å². The Labute approximate surface area is 73.2 Å². The van der Waals surface area contributed by atoms with Gasteiger partial charge in [0.15, 0.2) is 0 Å². The van der Waals surface area contributed by atoms with Crippen molar-refractivity contribution in [1.82, 2.24) is 5.32 Å². The largest absolute Gasteiger partial charge is 0.372 e. The number of methoxy groups -OCH3 is 2. The molecule has 0 aliphatic rings. The number of ether oxygens (including phenoxy) is 2. The van der Waals surface area contributed by atoms with Crippen molar-refractivity contribution in [2.75, 3.05) is 14.2 Å². The normalized spacial score (nSPS) is 15.3. The second-order valence-corrected chi connectivity index (χ2v) is 2.52. The molecule has 4 nitrogen and oxygen atoms in total. The van der Waals surface area contributed by atoms with Crippen molar-refractivity contribution in [2.45, 2.75) is 32.6 Å². The molecule has 0 fully saturated rings. The minimum absolute atomic E-state index is 0.147. The van der Waals surface area contributed by atoms with E-state index in [0.717, 1.165) is 6.42 Å². The van der Waals surface area contributed by atoms with Crippen LogP contribution in [0, 0.1) is 0 Å². The van der Waals surface area contributed by atoms with Crippen LogP contribution in [0.5, 0.6) is 0 Å². The standard InChI is InChI=1S/C8H17NO3/c1-5-7(12-4)9-8(10)6(2)11-3/h6-7H,5H2,1-4H3,(H,9,10). The number of rotatable bonds is 5. The summed E-state index contributed by atoms with van der Waals surface area (Å²) in [5.74, 6) is -0.147. The number of carbonyl (C=O) groups is 1. The molecule has 12 heavy (non-hydrogen) atoms. The van der Waals surface area contributed by atoms with Gasteiger partial charge >= 0.3 is 0 Å². The van der Waals surface area contributed by atoms with Crippen LogP contribution in [0.3, 0.4) is 0 Å². The molecule has 0 bridgehead atoms. The maximum absolute atomic E-state index is 11.2. The van der Waals surface area contributed by atoms with E-state index in [0.29, 0.717) is 0 Å². The molecule has 0 rings (SSSR count). The molecule has 0 aromatic carbocycles. The molecule has 0 spiro atoms. The summed E-state index contributed by atoms with van der Waals surface area (Å²) in [4.78, 5) is 11.2. The summed E-state index contributed by atoms with van der Waals surface area (Å²) in [5, 5.41) is 2.68. The average molecular weight is 175 g/mol. The molecule has 0 aliphatic heterocycles. The van der Waals surface area contributed by atoms with Crippen LogP contribution in [0.15, 0.2) is 0 Å². The molecule has 1 amide bonds. The molecule has 0 aliphatic carbocycles. The van der Waals surface area contributed by atoms with E-state index < -0.39 is 6.10 Å². The molecule has 72 valence electrons.